The van der Waals surface area contributed by atoms with Crippen molar-refractivity contribution in [2.24, 2.45) is 7.05 Å². The summed E-state index contributed by atoms with van der Waals surface area (Å²) in [6.45, 7) is -3.03. The smallest absolute Gasteiger partial charge is 0.387 e. The third-order valence-corrected chi connectivity index (χ3v) is 4.19. The van der Waals surface area contributed by atoms with Gasteiger partial charge in [-0.1, -0.05) is 24.3 Å². The molecule has 3 rings (SSSR count). The van der Waals surface area contributed by atoms with Gasteiger partial charge in [-0.2, -0.15) is 8.78 Å². The van der Waals surface area contributed by atoms with E-state index in [4.69, 9.17) is 4.74 Å². The number of carbonyl (C=O) groups is 1. The number of aromatic nitrogens is 2. The van der Waals surface area contributed by atoms with E-state index in [9.17, 15) is 13.6 Å². The van der Waals surface area contributed by atoms with E-state index in [1.54, 1.807) is 61.5 Å². The van der Waals surface area contributed by atoms with Crippen molar-refractivity contribution in [3.05, 3.63) is 77.9 Å². The van der Waals surface area contributed by atoms with Gasteiger partial charge in [0.05, 0.1) is 12.7 Å². The third kappa shape index (κ3) is 4.28. The molecule has 0 saturated carbocycles. The molecule has 1 unspecified atom stereocenters. The van der Waals surface area contributed by atoms with Crippen LogP contribution in [0.1, 0.15) is 27.8 Å². The second kappa shape index (κ2) is 8.51. The number of amides is 1. The van der Waals surface area contributed by atoms with Crippen molar-refractivity contribution in [3.8, 4) is 11.5 Å². The lowest BCUT2D eigenvalue weighted by Gasteiger charge is -2.20. The van der Waals surface area contributed by atoms with Gasteiger partial charge in [-0.05, 0) is 29.8 Å². The molecular formula is C20H19F2N3O3. The molecule has 0 aliphatic heterocycles. The minimum atomic E-state index is -3.03. The van der Waals surface area contributed by atoms with E-state index < -0.39 is 18.6 Å². The van der Waals surface area contributed by atoms with E-state index >= 15 is 0 Å². The van der Waals surface area contributed by atoms with E-state index in [2.05, 4.69) is 15.0 Å². The van der Waals surface area contributed by atoms with Gasteiger partial charge in [0.1, 0.15) is 23.4 Å². The maximum Gasteiger partial charge on any atom is 0.387 e. The van der Waals surface area contributed by atoms with Crippen LogP contribution in [-0.4, -0.2) is 29.2 Å². The Kier molecular flexibility index (Phi) is 5.88. The highest BCUT2D eigenvalue weighted by Gasteiger charge is 2.23. The summed E-state index contributed by atoms with van der Waals surface area (Å²) in [5.41, 5.74) is 0.770. The number of aryl methyl sites for hydroxylation is 1. The Morgan fingerprint density at radius 1 is 1.14 bits per heavy atom. The molecule has 0 bridgehead atoms. The standard InChI is InChI=1S/C20H19F2N3O3/c1-25-12-11-23-18(25)17(13-7-9-14(27-2)10-8-13)24-19(26)15-5-3-4-6-16(15)28-20(21)22/h3-12,17,20H,1-2H3,(H,24,26). The minimum absolute atomic E-state index is 0.00974. The molecule has 1 amide bonds. The first kappa shape index (κ1) is 19.3. The molecule has 8 heteroatoms. The van der Waals surface area contributed by atoms with Crippen molar-refractivity contribution in [1.29, 1.82) is 0 Å². The number of imidazole rings is 1. The number of methoxy groups -OCH3 is 1. The van der Waals surface area contributed by atoms with Crippen LogP contribution in [0.5, 0.6) is 11.5 Å². The Morgan fingerprint density at radius 2 is 1.86 bits per heavy atom. The molecule has 0 fully saturated rings. The zero-order valence-electron chi connectivity index (χ0n) is 15.3. The number of alkyl halides is 2. The molecule has 0 aliphatic rings. The lowest BCUT2D eigenvalue weighted by Crippen LogP contribution is -2.31. The first-order chi connectivity index (χ1) is 13.5. The summed E-state index contributed by atoms with van der Waals surface area (Å²) >= 11 is 0. The van der Waals surface area contributed by atoms with E-state index in [-0.39, 0.29) is 11.3 Å². The van der Waals surface area contributed by atoms with Crippen LogP contribution in [-0.2, 0) is 7.05 Å². The van der Waals surface area contributed by atoms with Gasteiger partial charge in [-0.3, -0.25) is 4.79 Å². The number of carbonyl (C=O) groups excluding carboxylic acids is 1. The first-order valence-electron chi connectivity index (χ1n) is 8.45. The van der Waals surface area contributed by atoms with Gasteiger partial charge in [-0.25, -0.2) is 4.98 Å². The third-order valence-electron chi connectivity index (χ3n) is 4.19. The average molecular weight is 387 g/mol. The number of halogens is 2. The van der Waals surface area contributed by atoms with E-state index in [1.165, 1.54) is 18.2 Å². The van der Waals surface area contributed by atoms with Crippen molar-refractivity contribution >= 4 is 5.91 Å². The zero-order valence-corrected chi connectivity index (χ0v) is 15.3. The van der Waals surface area contributed by atoms with Gasteiger partial charge >= 0.3 is 6.61 Å². The maximum atomic E-state index is 12.9. The van der Waals surface area contributed by atoms with Gasteiger partial charge in [0.15, 0.2) is 0 Å². The van der Waals surface area contributed by atoms with Crippen molar-refractivity contribution in [2.75, 3.05) is 7.11 Å². The summed E-state index contributed by atoms with van der Waals surface area (Å²) in [5, 5.41) is 2.86. The summed E-state index contributed by atoms with van der Waals surface area (Å²) < 4.78 is 36.7. The van der Waals surface area contributed by atoms with Gasteiger partial charge in [-0.15, -0.1) is 0 Å². The lowest BCUT2D eigenvalue weighted by atomic mass is 10.0. The Hall–Kier alpha value is -3.42. The second-order valence-corrected chi connectivity index (χ2v) is 5.95. The molecule has 0 saturated heterocycles. The van der Waals surface area contributed by atoms with Crippen LogP contribution in [0.15, 0.2) is 60.9 Å². The van der Waals surface area contributed by atoms with Crippen LogP contribution in [0, 0.1) is 0 Å². The number of rotatable bonds is 7. The number of nitrogens with zero attached hydrogens (tertiary/aromatic N) is 2. The molecule has 1 atom stereocenters. The second-order valence-electron chi connectivity index (χ2n) is 5.95. The fourth-order valence-electron chi connectivity index (χ4n) is 2.81. The zero-order chi connectivity index (χ0) is 20.1. The van der Waals surface area contributed by atoms with Crippen LogP contribution in [0.4, 0.5) is 8.78 Å². The fraction of sp³-hybridized carbons (Fsp3) is 0.200. The van der Waals surface area contributed by atoms with E-state index in [0.29, 0.717) is 11.6 Å². The molecule has 0 radical (unpaired) electrons. The molecule has 0 aliphatic carbocycles. The van der Waals surface area contributed by atoms with Crippen molar-refractivity contribution in [2.45, 2.75) is 12.7 Å². The Morgan fingerprint density at radius 3 is 2.46 bits per heavy atom. The van der Waals surface area contributed by atoms with E-state index in [1.807, 2.05) is 0 Å². The maximum absolute atomic E-state index is 12.9. The number of para-hydroxylation sites is 1. The minimum Gasteiger partial charge on any atom is -0.497 e. The topological polar surface area (TPSA) is 65.4 Å². The molecule has 3 aromatic rings. The van der Waals surface area contributed by atoms with Gasteiger partial charge in [0.2, 0.25) is 0 Å². The monoisotopic (exact) mass is 387 g/mol. The van der Waals surface area contributed by atoms with E-state index in [0.717, 1.165) is 5.56 Å². The van der Waals surface area contributed by atoms with Crippen LogP contribution >= 0.6 is 0 Å². The Labute approximate surface area is 160 Å². The van der Waals surface area contributed by atoms with Crippen LogP contribution in [0.25, 0.3) is 0 Å². The number of ether oxygens (including phenoxy) is 2. The predicted molar refractivity (Wildman–Crippen MR) is 98.6 cm³/mol. The molecule has 1 heterocycles. The SMILES string of the molecule is COc1ccc(C(NC(=O)c2ccccc2OC(F)F)c2nccn2C)cc1. The van der Waals surface area contributed by atoms with Crippen molar-refractivity contribution < 1.29 is 23.0 Å². The average Bonchev–Trinajstić information content (AvgIpc) is 3.11. The summed E-state index contributed by atoms with van der Waals surface area (Å²) in [7, 11) is 3.37. The Balaban J connectivity index is 1.94. The van der Waals surface area contributed by atoms with Crippen LogP contribution in [0.2, 0.25) is 0 Å². The molecule has 0 spiro atoms. The Bertz CT molecular complexity index is 942. The fourth-order valence-corrected chi connectivity index (χ4v) is 2.81. The first-order valence-corrected chi connectivity index (χ1v) is 8.45. The number of hydrogen-bond donors (Lipinski definition) is 1. The molecule has 28 heavy (non-hydrogen) atoms. The quantitative estimate of drug-likeness (QED) is 0.673. The highest BCUT2D eigenvalue weighted by atomic mass is 19.3. The van der Waals surface area contributed by atoms with Crippen molar-refractivity contribution in [1.82, 2.24) is 14.9 Å². The van der Waals surface area contributed by atoms with Crippen molar-refractivity contribution in [3.63, 3.8) is 0 Å². The molecule has 1 N–H and O–H groups in total. The van der Waals surface area contributed by atoms with Gasteiger partial charge in [0, 0.05) is 19.4 Å². The summed E-state index contributed by atoms with van der Waals surface area (Å²) in [6, 6.07) is 12.4. The summed E-state index contributed by atoms with van der Waals surface area (Å²) in [4.78, 5) is 17.2. The largest absolute Gasteiger partial charge is 0.497 e. The van der Waals surface area contributed by atoms with Crippen LogP contribution in [0.3, 0.4) is 0 Å². The van der Waals surface area contributed by atoms with Crippen LogP contribution < -0.4 is 14.8 Å². The molecule has 6 nitrogen and oxygen atoms in total. The molecule has 2 aromatic carbocycles. The summed E-state index contributed by atoms with van der Waals surface area (Å²) in [6.07, 6.45) is 3.37. The highest BCUT2D eigenvalue weighted by Crippen LogP contribution is 2.25. The van der Waals surface area contributed by atoms with Gasteiger partial charge < -0.3 is 19.4 Å². The number of nitrogens with one attached hydrogen (secondary N) is 1. The highest BCUT2D eigenvalue weighted by molar-refractivity contribution is 5.97. The number of benzene rings is 2. The van der Waals surface area contributed by atoms with Gasteiger partial charge in [0.25, 0.3) is 5.91 Å². The summed E-state index contributed by atoms with van der Waals surface area (Å²) in [5.74, 6) is 0.513. The molecule has 1 aromatic heterocycles. The predicted octanol–water partition coefficient (Wildman–Crippen LogP) is 3.55. The number of hydrogen-bond acceptors (Lipinski definition) is 4. The lowest BCUT2D eigenvalue weighted by molar-refractivity contribution is -0.0501. The molecular weight excluding hydrogens is 368 g/mol. The molecule has 146 valence electrons. The normalized spacial score (nSPS) is 11.9.